The maximum absolute atomic E-state index is 13.3. The van der Waals surface area contributed by atoms with Gasteiger partial charge in [-0.2, -0.15) is 0 Å². The maximum Gasteiger partial charge on any atom is 0.223 e. The number of nitrogens with zero attached hydrogens (tertiary/aromatic N) is 1. The molecule has 5 heteroatoms. The highest BCUT2D eigenvalue weighted by molar-refractivity contribution is 5.78. The van der Waals surface area contributed by atoms with E-state index in [1.807, 2.05) is 18.9 Å². The summed E-state index contributed by atoms with van der Waals surface area (Å²) in [4.78, 5) is 13.5. The number of hydrogen-bond acceptors (Lipinski definition) is 3. The van der Waals surface area contributed by atoms with Crippen molar-refractivity contribution in [1.29, 1.82) is 0 Å². The molecule has 0 aliphatic carbocycles. The van der Waals surface area contributed by atoms with E-state index in [1.54, 1.807) is 13.1 Å². The van der Waals surface area contributed by atoms with E-state index in [0.29, 0.717) is 19.6 Å². The number of hydrogen-bond donors (Lipinski definition) is 2. The number of amides is 1. The second-order valence-corrected chi connectivity index (χ2v) is 4.83. The van der Waals surface area contributed by atoms with Crippen molar-refractivity contribution in [3.8, 4) is 0 Å². The van der Waals surface area contributed by atoms with Crippen LogP contribution in [-0.4, -0.2) is 31.4 Å². The summed E-state index contributed by atoms with van der Waals surface area (Å²) in [5.41, 5.74) is 7.44. The minimum absolute atomic E-state index is 0.00476. The lowest BCUT2D eigenvalue weighted by molar-refractivity contribution is -0.124. The van der Waals surface area contributed by atoms with E-state index in [0.717, 1.165) is 11.1 Å². The van der Waals surface area contributed by atoms with Gasteiger partial charge in [0.15, 0.2) is 0 Å². The van der Waals surface area contributed by atoms with Gasteiger partial charge in [-0.05, 0) is 30.3 Å². The number of nitrogens with two attached hydrogens (primary N) is 1. The molecule has 0 aliphatic rings. The normalized spacial score (nSPS) is 12.5. The van der Waals surface area contributed by atoms with Crippen molar-refractivity contribution in [3.63, 3.8) is 0 Å². The number of carbonyl (C=O) groups excluding carboxylic acids is 1. The predicted molar refractivity (Wildman–Crippen MR) is 73.9 cm³/mol. The second kappa shape index (κ2) is 7.21. The highest BCUT2D eigenvalue weighted by Crippen LogP contribution is 2.13. The SMILES string of the molecule is CNC(=O)C(C)CN(C)Cc1cc(F)ccc1CN. The van der Waals surface area contributed by atoms with Gasteiger partial charge in [-0.1, -0.05) is 13.0 Å². The molecule has 0 saturated carbocycles. The Labute approximate surface area is 113 Å². The molecule has 0 heterocycles. The lowest BCUT2D eigenvalue weighted by atomic mass is 10.1. The van der Waals surface area contributed by atoms with Crippen molar-refractivity contribution in [2.45, 2.75) is 20.0 Å². The molecule has 1 amide bonds. The van der Waals surface area contributed by atoms with Gasteiger partial charge in [0, 0.05) is 32.6 Å². The van der Waals surface area contributed by atoms with E-state index in [9.17, 15) is 9.18 Å². The van der Waals surface area contributed by atoms with E-state index in [-0.39, 0.29) is 17.6 Å². The zero-order valence-corrected chi connectivity index (χ0v) is 11.7. The van der Waals surface area contributed by atoms with Crippen LogP contribution in [0.15, 0.2) is 18.2 Å². The molecule has 4 nitrogen and oxygen atoms in total. The summed E-state index contributed by atoms with van der Waals surface area (Å²) in [6.45, 7) is 3.44. The second-order valence-electron chi connectivity index (χ2n) is 4.83. The molecule has 0 saturated heterocycles. The van der Waals surface area contributed by atoms with Crippen LogP contribution in [0.4, 0.5) is 4.39 Å². The molecule has 0 radical (unpaired) electrons. The third-order valence-electron chi connectivity index (χ3n) is 3.11. The predicted octanol–water partition coefficient (Wildman–Crippen LogP) is 1.10. The molecule has 1 unspecified atom stereocenters. The third-order valence-corrected chi connectivity index (χ3v) is 3.11. The lowest BCUT2D eigenvalue weighted by Crippen LogP contribution is -2.34. The van der Waals surface area contributed by atoms with Crippen LogP contribution in [0.1, 0.15) is 18.1 Å². The Morgan fingerprint density at radius 1 is 1.47 bits per heavy atom. The Bertz CT molecular complexity index is 437. The molecule has 1 atom stereocenters. The highest BCUT2D eigenvalue weighted by atomic mass is 19.1. The largest absolute Gasteiger partial charge is 0.359 e. The summed E-state index contributed by atoms with van der Waals surface area (Å²) in [5, 5.41) is 2.62. The number of halogens is 1. The first kappa shape index (κ1) is 15.6. The molecule has 0 spiro atoms. The first-order valence-corrected chi connectivity index (χ1v) is 6.35. The quantitative estimate of drug-likeness (QED) is 0.811. The number of nitrogens with one attached hydrogen (secondary N) is 1. The fourth-order valence-corrected chi connectivity index (χ4v) is 2.09. The fraction of sp³-hybridized carbons (Fsp3) is 0.500. The topological polar surface area (TPSA) is 58.4 Å². The number of benzene rings is 1. The molecule has 0 aliphatic heterocycles. The lowest BCUT2D eigenvalue weighted by Gasteiger charge is -2.21. The van der Waals surface area contributed by atoms with Crippen LogP contribution in [0.2, 0.25) is 0 Å². The van der Waals surface area contributed by atoms with E-state index >= 15 is 0 Å². The van der Waals surface area contributed by atoms with Gasteiger partial charge in [0.25, 0.3) is 0 Å². The molecule has 106 valence electrons. The standard InChI is InChI=1S/C14H22FN3O/c1-10(14(19)17-2)8-18(3)9-12-6-13(15)5-4-11(12)7-16/h4-6,10H,7-9,16H2,1-3H3,(H,17,19). The summed E-state index contributed by atoms with van der Waals surface area (Å²) in [7, 11) is 3.53. The molecule has 3 N–H and O–H groups in total. The zero-order chi connectivity index (χ0) is 14.4. The van der Waals surface area contributed by atoms with Crippen molar-refractivity contribution < 1.29 is 9.18 Å². The van der Waals surface area contributed by atoms with Crippen LogP contribution in [0, 0.1) is 11.7 Å². The van der Waals surface area contributed by atoms with Crippen LogP contribution in [0.3, 0.4) is 0 Å². The fourth-order valence-electron chi connectivity index (χ4n) is 2.09. The Kier molecular flexibility index (Phi) is 5.92. The molecule has 1 aromatic carbocycles. The van der Waals surface area contributed by atoms with Crippen LogP contribution in [0.25, 0.3) is 0 Å². The van der Waals surface area contributed by atoms with Gasteiger partial charge in [-0.25, -0.2) is 4.39 Å². The van der Waals surface area contributed by atoms with Gasteiger partial charge in [-0.3, -0.25) is 4.79 Å². The van der Waals surface area contributed by atoms with Gasteiger partial charge in [0.05, 0.1) is 0 Å². The van der Waals surface area contributed by atoms with Gasteiger partial charge >= 0.3 is 0 Å². The van der Waals surface area contributed by atoms with Gasteiger partial charge in [0.1, 0.15) is 5.82 Å². The first-order valence-electron chi connectivity index (χ1n) is 6.35. The number of rotatable bonds is 6. The first-order chi connectivity index (χ1) is 8.97. The zero-order valence-electron chi connectivity index (χ0n) is 11.7. The average Bonchev–Trinajstić information content (AvgIpc) is 2.37. The van der Waals surface area contributed by atoms with Crippen LogP contribution >= 0.6 is 0 Å². The van der Waals surface area contributed by atoms with E-state index in [4.69, 9.17) is 5.73 Å². The van der Waals surface area contributed by atoms with Crippen molar-refractivity contribution in [2.75, 3.05) is 20.6 Å². The Hall–Kier alpha value is -1.46. The maximum atomic E-state index is 13.3. The monoisotopic (exact) mass is 267 g/mol. The molecular weight excluding hydrogens is 245 g/mol. The molecule has 0 aromatic heterocycles. The van der Waals surface area contributed by atoms with Gasteiger partial charge in [-0.15, -0.1) is 0 Å². The van der Waals surface area contributed by atoms with E-state index < -0.39 is 0 Å². The molecule has 19 heavy (non-hydrogen) atoms. The van der Waals surface area contributed by atoms with Crippen molar-refractivity contribution in [2.24, 2.45) is 11.7 Å². The molecule has 0 fully saturated rings. The minimum atomic E-state index is -0.264. The smallest absolute Gasteiger partial charge is 0.223 e. The Balaban J connectivity index is 2.68. The average molecular weight is 267 g/mol. The Morgan fingerprint density at radius 2 is 2.16 bits per heavy atom. The van der Waals surface area contributed by atoms with E-state index in [1.165, 1.54) is 12.1 Å². The Morgan fingerprint density at radius 3 is 2.74 bits per heavy atom. The highest BCUT2D eigenvalue weighted by Gasteiger charge is 2.14. The van der Waals surface area contributed by atoms with E-state index in [2.05, 4.69) is 5.32 Å². The molecule has 0 bridgehead atoms. The van der Waals surface area contributed by atoms with Crippen molar-refractivity contribution in [3.05, 3.63) is 35.1 Å². The summed E-state index contributed by atoms with van der Waals surface area (Å²) < 4.78 is 13.3. The summed E-state index contributed by atoms with van der Waals surface area (Å²) in [6, 6.07) is 4.63. The summed E-state index contributed by atoms with van der Waals surface area (Å²) >= 11 is 0. The van der Waals surface area contributed by atoms with Crippen LogP contribution < -0.4 is 11.1 Å². The van der Waals surface area contributed by atoms with Crippen molar-refractivity contribution >= 4 is 5.91 Å². The van der Waals surface area contributed by atoms with Crippen LogP contribution in [-0.2, 0) is 17.9 Å². The van der Waals surface area contributed by atoms with Gasteiger partial charge in [0.2, 0.25) is 5.91 Å². The molecule has 1 rings (SSSR count). The third kappa shape index (κ3) is 4.61. The molecule has 1 aromatic rings. The van der Waals surface area contributed by atoms with Gasteiger partial charge < -0.3 is 16.0 Å². The number of carbonyl (C=O) groups is 1. The summed E-state index contributed by atoms with van der Waals surface area (Å²) in [6.07, 6.45) is 0. The summed E-state index contributed by atoms with van der Waals surface area (Å²) in [5.74, 6) is -0.366. The minimum Gasteiger partial charge on any atom is -0.359 e. The van der Waals surface area contributed by atoms with Crippen LogP contribution in [0.5, 0.6) is 0 Å². The van der Waals surface area contributed by atoms with Crippen molar-refractivity contribution in [1.82, 2.24) is 10.2 Å². The molecular formula is C14H22FN3O.